The summed E-state index contributed by atoms with van der Waals surface area (Å²) in [5.74, 6) is -0.781. The summed E-state index contributed by atoms with van der Waals surface area (Å²) >= 11 is 4.98. The second kappa shape index (κ2) is 11.4. The molecule has 3 N–H and O–H groups in total. The molecule has 3 aromatic carbocycles. The van der Waals surface area contributed by atoms with E-state index in [2.05, 4.69) is 16.2 Å². The van der Waals surface area contributed by atoms with Crippen LogP contribution in [-0.4, -0.2) is 23.5 Å². The molecule has 6 nitrogen and oxygen atoms in total. The first kappa shape index (κ1) is 22.6. The van der Waals surface area contributed by atoms with E-state index in [-0.39, 0.29) is 17.5 Å². The van der Waals surface area contributed by atoms with Crippen LogP contribution in [0.3, 0.4) is 0 Å². The van der Waals surface area contributed by atoms with Crippen molar-refractivity contribution in [1.82, 2.24) is 16.2 Å². The van der Waals surface area contributed by atoms with Gasteiger partial charge in [0.1, 0.15) is 11.6 Å². The number of amides is 2. The minimum atomic E-state index is -0.505. The zero-order valence-electron chi connectivity index (χ0n) is 16.9. The van der Waals surface area contributed by atoms with E-state index in [1.165, 1.54) is 36.4 Å². The summed E-state index contributed by atoms with van der Waals surface area (Å²) in [6.45, 7) is -0.252. The Morgan fingerprint density at radius 2 is 1.59 bits per heavy atom. The largest absolute Gasteiger partial charge is 0.483 e. The van der Waals surface area contributed by atoms with Gasteiger partial charge in [-0.05, 0) is 47.6 Å². The molecule has 0 spiro atoms. The molecule has 2 amide bonds. The average Bonchev–Trinajstić information content (AvgIpc) is 2.82. The quantitative estimate of drug-likeness (QED) is 0.304. The smallest absolute Gasteiger partial charge is 0.276 e. The van der Waals surface area contributed by atoms with E-state index >= 15 is 0 Å². The number of benzene rings is 3. The molecule has 32 heavy (non-hydrogen) atoms. The van der Waals surface area contributed by atoms with Gasteiger partial charge in [-0.25, -0.2) is 4.39 Å². The second-order valence-electron chi connectivity index (χ2n) is 6.53. The molecule has 0 aliphatic heterocycles. The zero-order valence-corrected chi connectivity index (χ0v) is 17.7. The molecule has 0 unspecified atom stereocenters. The van der Waals surface area contributed by atoms with E-state index in [9.17, 15) is 14.0 Å². The summed E-state index contributed by atoms with van der Waals surface area (Å²) in [5, 5.41) is 2.30. The monoisotopic (exact) mass is 449 g/mol. The Bertz CT molecular complexity index is 1120. The maximum Gasteiger partial charge on any atom is 0.276 e. The van der Waals surface area contributed by atoms with Crippen LogP contribution in [-0.2, 0) is 9.59 Å². The van der Waals surface area contributed by atoms with Crippen LogP contribution in [0.4, 0.5) is 4.39 Å². The number of hydrogen-bond donors (Lipinski definition) is 3. The van der Waals surface area contributed by atoms with Crippen molar-refractivity contribution in [3.63, 3.8) is 0 Å². The molecule has 8 heteroatoms. The Balaban J connectivity index is 1.44. The van der Waals surface area contributed by atoms with E-state index in [0.29, 0.717) is 11.3 Å². The Morgan fingerprint density at radius 3 is 2.34 bits per heavy atom. The summed E-state index contributed by atoms with van der Waals surface area (Å²) in [7, 11) is 0. The van der Waals surface area contributed by atoms with Crippen molar-refractivity contribution in [1.29, 1.82) is 0 Å². The zero-order chi connectivity index (χ0) is 22.8. The van der Waals surface area contributed by atoms with Crippen LogP contribution >= 0.6 is 12.2 Å². The van der Waals surface area contributed by atoms with Gasteiger partial charge >= 0.3 is 0 Å². The molecule has 0 aliphatic carbocycles. The molecule has 0 aliphatic rings. The Morgan fingerprint density at radius 1 is 0.906 bits per heavy atom. The third-order valence-electron chi connectivity index (χ3n) is 4.18. The van der Waals surface area contributed by atoms with E-state index in [1.807, 2.05) is 48.5 Å². The van der Waals surface area contributed by atoms with Gasteiger partial charge in [-0.2, -0.15) is 0 Å². The summed E-state index contributed by atoms with van der Waals surface area (Å²) in [5.41, 5.74) is 7.29. The van der Waals surface area contributed by atoms with E-state index in [4.69, 9.17) is 17.0 Å². The van der Waals surface area contributed by atoms with Crippen LogP contribution in [0.1, 0.15) is 5.56 Å². The van der Waals surface area contributed by atoms with Crippen molar-refractivity contribution in [2.24, 2.45) is 0 Å². The van der Waals surface area contributed by atoms with Crippen LogP contribution < -0.4 is 20.9 Å². The molecular formula is C24H20FN3O3S. The third-order valence-corrected chi connectivity index (χ3v) is 4.38. The minimum absolute atomic E-state index is 0.0863. The maximum absolute atomic E-state index is 12.9. The average molecular weight is 450 g/mol. The van der Waals surface area contributed by atoms with Crippen molar-refractivity contribution in [2.45, 2.75) is 0 Å². The van der Waals surface area contributed by atoms with Gasteiger partial charge in [-0.1, -0.05) is 60.7 Å². The number of hydrazine groups is 1. The van der Waals surface area contributed by atoms with Crippen molar-refractivity contribution in [3.8, 4) is 16.9 Å². The Hall–Kier alpha value is -4.04. The predicted octanol–water partition coefficient (Wildman–Crippen LogP) is 3.61. The molecule has 0 fully saturated rings. The first-order valence-corrected chi connectivity index (χ1v) is 10.0. The normalized spacial score (nSPS) is 10.4. The van der Waals surface area contributed by atoms with Gasteiger partial charge in [-0.3, -0.25) is 25.8 Å². The first-order valence-electron chi connectivity index (χ1n) is 9.62. The lowest BCUT2D eigenvalue weighted by Gasteiger charge is -2.13. The van der Waals surface area contributed by atoms with Gasteiger partial charge in [0.05, 0.1) is 0 Å². The van der Waals surface area contributed by atoms with Crippen LogP contribution in [0.25, 0.3) is 17.2 Å². The first-order chi connectivity index (χ1) is 15.5. The number of halogens is 1. The molecule has 0 aromatic heterocycles. The van der Waals surface area contributed by atoms with Gasteiger partial charge in [0.25, 0.3) is 5.91 Å². The van der Waals surface area contributed by atoms with Crippen LogP contribution in [0, 0.1) is 5.82 Å². The predicted molar refractivity (Wildman–Crippen MR) is 125 cm³/mol. The number of rotatable bonds is 6. The molecular weight excluding hydrogens is 429 g/mol. The number of hydrogen-bond acceptors (Lipinski definition) is 4. The number of ether oxygens (including phenoxy) is 1. The molecule has 0 saturated carbocycles. The van der Waals surface area contributed by atoms with Crippen LogP contribution in [0.2, 0.25) is 0 Å². The lowest BCUT2D eigenvalue weighted by molar-refractivity contribution is -0.123. The van der Waals surface area contributed by atoms with Crippen molar-refractivity contribution < 1.29 is 18.7 Å². The van der Waals surface area contributed by atoms with Gasteiger partial charge < -0.3 is 4.74 Å². The highest BCUT2D eigenvalue weighted by molar-refractivity contribution is 7.80. The third kappa shape index (κ3) is 7.03. The van der Waals surface area contributed by atoms with Crippen molar-refractivity contribution >= 4 is 35.2 Å². The highest BCUT2D eigenvalue weighted by Gasteiger charge is 2.09. The fraction of sp³-hybridized carbons (Fsp3) is 0.0417. The molecule has 0 radical (unpaired) electrons. The van der Waals surface area contributed by atoms with Gasteiger partial charge in [0, 0.05) is 11.6 Å². The fourth-order valence-electron chi connectivity index (χ4n) is 2.69. The highest BCUT2D eigenvalue weighted by Crippen LogP contribution is 2.29. The van der Waals surface area contributed by atoms with Gasteiger partial charge in [0.2, 0.25) is 5.91 Å². The lowest BCUT2D eigenvalue weighted by Crippen LogP contribution is -2.49. The van der Waals surface area contributed by atoms with E-state index in [0.717, 1.165) is 11.1 Å². The molecule has 3 rings (SSSR count). The Kier molecular flexibility index (Phi) is 8.05. The number of para-hydroxylation sites is 1. The molecule has 0 atom stereocenters. The highest BCUT2D eigenvalue weighted by atomic mass is 32.1. The molecule has 0 heterocycles. The summed E-state index contributed by atoms with van der Waals surface area (Å²) in [6.07, 6.45) is 2.75. The van der Waals surface area contributed by atoms with Crippen molar-refractivity contribution in [2.75, 3.05) is 6.61 Å². The SMILES string of the molecule is O=C(C=Cc1ccc(F)cc1)NC(=S)NNC(=O)COc1ccccc1-c1ccccc1. The standard InChI is InChI=1S/C24H20FN3O3S/c25-19-13-10-17(11-14-19)12-15-22(29)26-24(32)28-27-23(30)16-31-21-9-5-4-8-20(21)18-6-2-1-3-7-18/h1-15H,16H2,(H,27,30)(H2,26,28,29,32). The Labute approximate surface area is 190 Å². The molecule has 0 bridgehead atoms. The van der Waals surface area contributed by atoms with Crippen LogP contribution in [0.15, 0.2) is 84.9 Å². The summed E-state index contributed by atoms with van der Waals surface area (Å²) < 4.78 is 18.5. The number of nitrogens with one attached hydrogen (secondary N) is 3. The maximum atomic E-state index is 12.9. The number of carbonyl (C=O) groups excluding carboxylic acids is 2. The van der Waals surface area contributed by atoms with E-state index in [1.54, 1.807) is 6.07 Å². The van der Waals surface area contributed by atoms with Crippen molar-refractivity contribution in [3.05, 3.63) is 96.3 Å². The second-order valence-corrected chi connectivity index (χ2v) is 6.94. The van der Waals surface area contributed by atoms with Gasteiger partial charge in [0.15, 0.2) is 11.7 Å². The molecule has 0 saturated heterocycles. The topological polar surface area (TPSA) is 79.5 Å². The number of thiocarbonyl (C=S) groups is 1. The molecule has 3 aromatic rings. The molecule has 162 valence electrons. The number of carbonyl (C=O) groups is 2. The van der Waals surface area contributed by atoms with E-state index < -0.39 is 11.8 Å². The summed E-state index contributed by atoms with van der Waals surface area (Å²) in [4.78, 5) is 24.0. The van der Waals surface area contributed by atoms with Crippen LogP contribution in [0.5, 0.6) is 5.75 Å². The van der Waals surface area contributed by atoms with Gasteiger partial charge in [-0.15, -0.1) is 0 Å². The summed E-state index contributed by atoms with van der Waals surface area (Å²) in [6, 6.07) is 22.7. The minimum Gasteiger partial charge on any atom is -0.483 e. The lowest BCUT2D eigenvalue weighted by atomic mass is 10.1. The fourth-order valence-corrected chi connectivity index (χ4v) is 2.84.